The van der Waals surface area contributed by atoms with E-state index < -0.39 is 15.3 Å². The molecule has 1 amide bonds. The number of sulfonamides is 1. The molecule has 1 aliphatic heterocycles. The predicted octanol–water partition coefficient (Wildman–Crippen LogP) is -0.595. The number of carbonyl (C=O) groups is 1. The lowest BCUT2D eigenvalue weighted by Crippen LogP contribution is -2.48. The quantitative estimate of drug-likeness (QED) is 0.680. The zero-order valence-electron chi connectivity index (χ0n) is 11.7. The maximum absolute atomic E-state index is 12.3. The van der Waals surface area contributed by atoms with Crippen LogP contribution in [-0.2, 0) is 14.8 Å². The second-order valence-electron chi connectivity index (χ2n) is 4.85. The molecule has 0 aromatic rings. The molecule has 3 N–H and O–H groups in total. The summed E-state index contributed by atoms with van der Waals surface area (Å²) in [4.78, 5) is 11.9. The van der Waals surface area contributed by atoms with Gasteiger partial charge in [0.05, 0.1) is 12.0 Å². The van der Waals surface area contributed by atoms with Gasteiger partial charge in [0.1, 0.15) is 0 Å². The van der Waals surface area contributed by atoms with Crippen LogP contribution in [0.3, 0.4) is 0 Å². The Morgan fingerprint density at radius 1 is 1.60 bits per heavy atom. The van der Waals surface area contributed by atoms with Gasteiger partial charge in [-0.05, 0) is 19.3 Å². The van der Waals surface area contributed by atoms with Crippen LogP contribution in [0, 0.1) is 17.2 Å². The first kappa shape index (κ1) is 16.9. The van der Waals surface area contributed by atoms with Crippen molar-refractivity contribution in [2.24, 2.45) is 11.7 Å². The van der Waals surface area contributed by atoms with E-state index in [4.69, 9.17) is 11.0 Å². The van der Waals surface area contributed by atoms with Crippen LogP contribution in [0.5, 0.6) is 0 Å². The first-order valence-electron chi connectivity index (χ1n) is 6.83. The minimum atomic E-state index is -3.64. The highest BCUT2D eigenvalue weighted by atomic mass is 32.2. The van der Waals surface area contributed by atoms with Gasteiger partial charge in [0, 0.05) is 26.2 Å². The third-order valence-corrected chi connectivity index (χ3v) is 5.64. The Kier molecular flexibility index (Phi) is 6.39. The van der Waals surface area contributed by atoms with E-state index in [1.807, 2.05) is 6.07 Å². The Morgan fingerprint density at radius 3 is 2.85 bits per heavy atom. The van der Waals surface area contributed by atoms with Crippen LogP contribution in [0.1, 0.15) is 26.2 Å². The van der Waals surface area contributed by atoms with Gasteiger partial charge in [-0.3, -0.25) is 4.79 Å². The number of rotatable bonds is 6. The Hall–Kier alpha value is -1.17. The van der Waals surface area contributed by atoms with Crippen LogP contribution in [-0.4, -0.2) is 50.1 Å². The fraction of sp³-hybridized carbons (Fsp3) is 0.833. The van der Waals surface area contributed by atoms with Crippen molar-refractivity contribution in [3.63, 3.8) is 0 Å². The Labute approximate surface area is 120 Å². The molecule has 0 aliphatic carbocycles. The fourth-order valence-corrected chi connectivity index (χ4v) is 3.96. The van der Waals surface area contributed by atoms with Crippen molar-refractivity contribution in [1.29, 1.82) is 5.26 Å². The smallest absolute Gasteiger partial charge is 0.230 e. The molecular formula is C12H22N4O3S. The van der Waals surface area contributed by atoms with E-state index in [1.54, 1.807) is 6.92 Å². The van der Waals surface area contributed by atoms with Crippen molar-refractivity contribution in [2.45, 2.75) is 31.4 Å². The first-order valence-corrected chi connectivity index (χ1v) is 8.34. The van der Waals surface area contributed by atoms with E-state index in [1.165, 1.54) is 4.31 Å². The number of nitrogens with zero attached hydrogens (tertiary/aromatic N) is 2. The largest absolute Gasteiger partial charge is 0.355 e. The lowest BCUT2D eigenvalue weighted by Gasteiger charge is -2.32. The molecule has 8 heteroatoms. The summed E-state index contributed by atoms with van der Waals surface area (Å²) in [7, 11) is -3.64. The molecule has 0 saturated carbocycles. The van der Waals surface area contributed by atoms with E-state index in [0.29, 0.717) is 32.5 Å². The molecule has 1 fully saturated rings. The van der Waals surface area contributed by atoms with Crippen molar-refractivity contribution in [2.75, 3.05) is 26.2 Å². The van der Waals surface area contributed by atoms with Gasteiger partial charge in [-0.2, -0.15) is 9.57 Å². The molecule has 0 aromatic heterocycles. The molecule has 0 spiro atoms. The van der Waals surface area contributed by atoms with Crippen molar-refractivity contribution in [3.8, 4) is 6.07 Å². The number of nitriles is 1. The lowest BCUT2D eigenvalue weighted by molar-refractivity contribution is -0.126. The summed E-state index contributed by atoms with van der Waals surface area (Å²) in [6.45, 7) is 2.93. The Morgan fingerprint density at radius 2 is 2.30 bits per heavy atom. The first-order chi connectivity index (χ1) is 9.47. The van der Waals surface area contributed by atoms with E-state index in [0.717, 1.165) is 0 Å². The number of nitrogens with two attached hydrogens (primary N) is 1. The maximum Gasteiger partial charge on any atom is 0.230 e. The van der Waals surface area contributed by atoms with Gasteiger partial charge in [-0.1, -0.05) is 6.92 Å². The number of amides is 1. The number of hydrogen-bond donors (Lipinski definition) is 2. The van der Waals surface area contributed by atoms with Crippen LogP contribution in [0.25, 0.3) is 0 Å². The standard InChI is InChI=1S/C12H22N4O3S/c1-2-11(8-14)20(18,19)16-7-3-4-10(9-16)12(17)15-6-5-13/h10-11H,2-7,9,13H2,1H3,(H,15,17). The average molecular weight is 302 g/mol. The van der Waals surface area contributed by atoms with Gasteiger partial charge in [0.25, 0.3) is 0 Å². The van der Waals surface area contributed by atoms with Crippen LogP contribution in [0.4, 0.5) is 0 Å². The van der Waals surface area contributed by atoms with Crippen LogP contribution in [0.2, 0.25) is 0 Å². The minimum Gasteiger partial charge on any atom is -0.355 e. The Balaban J connectivity index is 2.74. The molecule has 114 valence electrons. The van der Waals surface area contributed by atoms with E-state index in [9.17, 15) is 13.2 Å². The van der Waals surface area contributed by atoms with Crippen molar-refractivity contribution in [1.82, 2.24) is 9.62 Å². The summed E-state index contributed by atoms with van der Waals surface area (Å²) < 4.78 is 25.8. The summed E-state index contributed by atoms with van der Waals surface area (Å²) in [6, 6.07) is 1.82. The summed E-state index contributed by atoms with van der Waals surface area (Å²) in [5.74, 6) is -0.526. The molecule has 0 bridgehead atoms. The molecule has 0 aromatic carbocycles. The number of nitrogens with one attached hydrogen (secondary N) is 1. The lowest BCUT2D eigenvalue weighted by atomic mass is 9.99. The van der Waals surface area contributed by atoms with Crippen LogP contribution < -0.4 is 11.1 Å². The highest BCUT2D eigenvalue weighted by molar-refractivity contribution is 7.90. The highest BCUT2D eigenvalue weighted by Gasteiger charge is 2.36. The normalized spacial score (nSPS) is 21.9. The van der Waals surface area contributed by atoms with Gasteiger partial charge in [-0.25, -0.2) is 8.42 Å². The Bertz CT molecular complexity index is 472. The van der Waals surface area contributed by atoms with Crippen LogP contribution >= 0.6 is 0 Å². The van der Waals surface area contributed by atoms with Gasteiger partial charge in [-0.15, -0.1) is 0 Å². The van der Waals surface area contributed by atoms with Crippen molar-refractivity contribution in [3.05, 3.63) is 0 Å². The van der Waals surface area contributed by atoms with Crippen LogP contribution in [0.15, 0.2) is 0 Å². The molecule has 2 unspecified atom stereocenters. The van der Waals surface area contributed by atoms with Crippen molar-refractivity contribution >= 4 is 15.9 Å². The highest BCUT2D eigenvalue weighted by Crippen LogP contribution is 2.22. The second kappa shape index (κ2) is 7.57. The molecule has 7 nitrogen and oxygen atoms in total. The van der Waals surface area contributed by atoms with E-state index in [-0.39, 0.29) is 24.8 Å². The summed E-state index contributed by atoms with van der Waals surface area (Å²) in [5.41, 5.74) is 5.32. The molecule has 2 atom stereocenters. The molecule has 1 aliphatic rings. The zero-order valence-corrected chi connectivity index (χ0v) is 12.5. The van der Waals surface area contributed by atoms with Gasteiger partial charge < -0.3 is 11.1 Å². The minimum absolute atomic E-state index is 0.150. The van der Waals surface area contributed by atoms with Gasteiger partial charge in [0.15, 0.2) is 5.25 Å². The molecule has 0 radical (unpaired) electrons. The molecule has 20 heavy (non-hydrogen) atoms. The van der Waals surface area contributed by atoms with Gasteiger partial charge >= 0.3 is 0 Å². The molecular weight excluding hydrogens is 280 g/mol. The molecule has 1 saturated heterocycles. The topological polar surface area (TPSA) is 116 Å². The van der Waals surface area contributed by atoms with Gasteiger partial charge in [0.2, 0.25) is 15.9 Å². The number of hydrogen-bond acceptors (Lipinski definition) is 5. The van der Waals surface area contributed by atoms with Crippen molar-refractivity contribution < 1.29 is 13.2 Å². The SMILES string of the molecule is CCC(C#N)S(=O)(=O)N1CCCC(C(=O)NCCN)C1. The maximum atomic E-state index is 12.3. The molecule has 1 heterocycles. The van der Waals surface area contributed by atoms with E-state index >= 15 is 0 Å². The summed E-state index contributed by atoms with van der Waals surface area (Å²) in [6.07, 6.45) is 1.53. The average Bonchev–Trinajstić information content (AvgIpc) is 2.46. The zero-order chi connectivity index (χ0) is 15.2. The number of piperidine rings is 1. The third-order valence-electron chi connectivity index (χ3n) is 3.43. The third kappa shape index (κ3) is 3.91. The predicted molar refractivity (Wildman–Crippen MR) is 75.0 cm³/mol. The van der Waals surface area contributed by atoms with E-state index in [2.05, 4.69) is 5.32 Å². The monoisotopic (exact) mass is 302 g/mol. The summed E-state index contributed by atoms with van der Waals surface area (Å²) in [5, 5.41) is 10.6. The summed E-state index contributed by atoms with van der Waals surface area (Å²) >= 11 is 0. The fourth-order valence-electron chi connectivity index (χ4n) is 2.28. The number of carbonyl (C=O) groups excluding carboxylic acids is 1. The second-order valence-corrected chi connectivity index (χ2v) is 6.96. The molecule has 1 rings (SSSR count).